The van der Waals surface area contributed by atoms with Gasteiger partial charge in [0.05, 0.1) is 11.0 Å². The summed E-state index contributed by atoms with van der Waals surface area (Å²) >= 11 is 0. The third-order valence-corrected chi connectivity index (χ3v) is 10.3. The van der Waals surface area contributed by atoms with Crippen LogP contribution in [0, 0.1) is 0 Å². The molecule has 55 heavy (non-hydrogen) atoms. The van der Waals surface area contributed by atoms with Gasteiger partial charge >= 0.3 is 0 Å². The normalized spacial score (nSPS) is 11.3. The molecule has 10 aromatic rings. The molecule has 0 radical (unpaired) electrons. The highest BCUT2D eigenvalue weighted by atomic mass is 15.0. The lowest BCUT2D eigenvalue weighted by Gasteiger charge is -2.12. The molecule has 0 unspecified atom stereocenters. The minimum Gasteiger partial charge on any atom is -0.309 e. The van der Waals surface area contributed by atoms with Crippen LogP contribution in [-0.4, -0.2) is 19.5 Å². The summed E-state index contributed by atoms with van der Waals surface area (Å²) in [5.74, 6) is 1.89. The molecule has 0 saturated heterocycles. The number of para-hydroxylation sites is 1. The van der Waals surface area contributed by atoms with E-state index in [1.807, 2.05) is 24.3 Å². The fraction of sp³-hybridized carbons (Fsp3) is 0. The minimum atomic E-state index is 0.628. The Morgan fingerprint density at radius 2 is 0.745 bits per heavy atom. The summed E-state index contributed by atoms with van der Waals surface area (Å²) < 4.78 is 2.35. The topological polar surface area (TPSA) is 43.6 Å². The first-order chi connectivity index (χ1) is 27.3. The highest BCUT2D eigenvalue weighted by Crippen LogP contribution is 2.39. The van der Waals surface area contributed by atoms with Crippen molar-refractivity contribution in [3.8, 4) is 73.2 Å². The molecule has 8 aromatic carbocycles. The van der Waals surface area contributed by atoms with E-state index in [0.717, 1.165) is 55.3 Å². The van der Waals surface area contributed by atoms with Crippen LogP contribution in [-0.2, 0) is 0 Å². The fourth-order valence-electron chi connectivity index (χ4n) is 7.60. The summed E-state index contributed by atoms with van der Waals surface area (Å²) in [6.45, 7) is 0. The van der Waals surface area contributed by atoms with Crippen molar-refractivity contribution in [2.75, 3.05) is 0 Å². The lowest BCUT2D eigenvalue weighted by Crippen LogP contribution is -2.00. The third kappa shape index (κ3) is 6.06. The Kier molecular flexibility index (Phi) is 8.12. The highest BCUT2D eigenvalue weighted by molar-refractivity contribution is 6.15. The number of hydrogen-bond donors (Lipinski definition) is 0. The van der Waals surface area contributed by atoms with Crippen LogP contribution >= 0.6 is 0 Å². The van der Waals surface area contributed by atoms with Gasteiger partial charge in [0.15, 0.2) is 17.5 Å². The van der Waals surface area contributed by atoms with E-state index in [2.05, 4.69) is 187 Å². The molecule has 0 amide bonds. The first-order valence-corrected chi connectivity index (χ1v) is 18.5. The Morgan fingerprint density at radius 3 is 1.45 bits per heavy atom. The van der Waals surface area contributed by atoms with E-state index in [1.54, 1.807) is 0 Å². The molecule has 0 aliphatic rings. The van der Waals surface area contributed by atoms with Crippen molar-refractivity contribution in [1.29, 1.82) is 0 Å². The first kappa shape index (κ1) is 32.2. The van der Waals surface area contributed by atoms with E-state index >= 15 is 0 Å². The average Bonchev–Trinajstić information content (AvgIpc) is 3.62. The van der Waals surface area contributed by atoms with Gasteiger partial charge < -0.3 is 4.57 Å². The molecule has 2 heterocycles. The number of nitrogens with zero attached hydrogens (tertiary/aromatic N) is 4. The zero-order chi connectivity index (χ0) is 36.6. The molecule has 0 atom stereocenters. The van der Waals surface area contributed by atoms with Crippen LogP contribution in [0.4, 0.5) is 0 Å². The molecule has 258 valence electrons. The van der Waals surface area contributed by atoms with Crippen molar-refractivity contribution >= 4 is 21.8 Å². The molecular formula is C51H34N4. The SMILES string of the molecule is c1ccc(-c2ccc(-c3cccc(-c4nc(-c5ccccc5)nc(-c5cccc6c5c5ccccc5n6-c5cccc(-c6ccccc6)c5)n4)c3)cc2)cc1. The Hall–Kier alpha value is -7.43. The van der Waals surface area contributed by atoms with Crippen molar-refractivity contribution in [2.24, 2.45) is 0 Å². The maximum atomic E-state index is 5.25. The Balaban J connectivity index is 1.13. The van der Waals surface area contributed by atoms with Gasteiger partial charge in [-0.15, -0.1) is 0 Å². The number of rotatable bonds is 7. The average molecular weight is 703 g/mol. The number of benzene rings is 8. The lowest BCUT2D eigenvalue weighted by atomic mass is 9.99. The van der Waals surface area contributed by atoms with Gasteiger partial charge in [0, 0.05) is 33.2 Å². The summed E-state index contributed by atoms with van der Waals surface area (Å²) in [4.78, 5) is 15.5. The predicted octanol–water partition coefficient (Wildman–Crippen LogP) is 13.0. The van der Waals surface area contributed by atoms with Crippen LogP contribution < -0.4 is 0 Å². The van der Waals surface area contributed by atoms with Gasteiger partial charge in [-0.25, -0.2) is 15.0 Å². The summed E-state index contributed by atoms with van der Waals surface area (Å²) in [6, 6.07) is 72.2. The van der Waals surface area contributed by atoms with Crippen LogP contribution in [0.3, 0.4) is 0 Å². The van der Waals surface area contributed by atoms with Crippen LogP contribution in [0.25, 0.3) is 95.0 Å². The van der Waals surface area contributed by atoms with Crippen LogP contribution in [0.5, 0.6) is 0 Å². The Labute approximate surface area is 319 Å². The molecule has 0 bridgehead atoms. The number of hydrogen-bond acceptors (Lipinski definition) is 3. The van der Waals surface area contributed by atoms with E-state index in [-0.39, 0.29) is 0 Å². The molecule has 0 saturated carbocycles. The Morgan fingerprint density at radius 1 is 0.291 bits per heavy atom. The summed E-state index contributed by atoms with van der Waals surface area (Å²) in [7, 11) is 0. The van der Waals surface area contributed by atoms with Gasteiger partial charge in [0.25, 0.3) is 0 Å². The highest BCUT2D eigenvalue weighted by Gasteiger charge is 2.20. The molecule has 0 N–H and O–H groups in total. The molecular weight excluding hydrogens is 669 g/mol. The smallest absolute Gasteiger partial charge is 0.164 e. The lowest BCUT2D eigenvalue weighted by molar-refractivity contribution is 1.08. The molecule has 0 spiro atoms. The third-order valence-electron chi connectivity index (χ3n) is 10.3. The molecule has 0 aliphatic heterocycles. The van der Waals surface area contributed by atoms with E-state index in [0.29, 0.717) is 17.5 Å². The van der Waals surface area contributed by atoms with Crippen molar-refractivity contribution in [2.45, 2.75) is 0 Å². The van der Waals surface area contributed by atoms with E-state index < -0.39 is 0 Å². The fourth-order valence-corrected chi connectivity index (χ4v) is 7.60. The van der Waals surface area contributed by atoms with Gasteiger partial charge in [0.2, 0.25) is 0 Å². The minimum absolute atomic E-state index is 0.628. The molecule has 0 aliphatic carbocycles. The second-order valence-corrected chi connectivity index (χ2v) is 13.7. The van der Waals surface area contributed by atoms with Gasteiger partial charge in [0.1, 0.15) is 0 Å². The van der Waals surface area contributed by atoms with Crippen LogP contribution in [0.15, 0.2) is 206 Å². The van der Waals surface area contributed by atoms with Crippen molar-refractivity contribution in [3.05, 3.63) is 206 Å². The van der Waals surface area contributed by atoms with Crippen LogP contribution in [0.2, 0.25) is 0 Å². The zero-order valence-corrected chi connectivity index (χ0v) is 29.9. The number of aromatic nitrogens is 4. The predicted molar refractivity (Wildman–Crippen MR) is 227 cm³/mol. The van der Waals surface area contributed by atoms with Gasteiger partial charge in [-0.3, -0.25) is 0 Å². The molecule has 4 nitrogen and oxygen atoms in total. The quantitative estimate of drug-likeness (QED) is 0.166. The van der Waals surface area contributed by atoms with E-state index in [4.69, 9.17) is 15.0 Å². The largest absolute Gasteiger partial charge is 0.309 e. The monoisotopic (exact) mass is 702 g/mol. The Bertz CT molecular complexity index is 2950. The van der Waals surface area contributed by atoms with E-state index in [9.17, 15) is 0 Å². The zero-order valence-electron chi connectivity index (χ0n) is 29.9. The van der Waals surface area contributed by atoms with Crippen LogP contribution in [0.1, 0.15) is 0 Å². The molecule has 0 fully saturated rings. The second-order valence-electron chi connectivity index (χ2n) is 13.7. The maximum Gasteiger partial charge on any atom is 0.164 e. The van der Waals surface area contributed by atoms with Gasteiger partial charge in [-0.05, 0) is 63.7 Å². The summed E-state index contributed by atoms with van der Waals surface area (Å²) in [6.07, 6.45) is 0. The molecule has 10 rings (SSSR count). The van der Waals surface area contributed by atoms with Gasteiger partial charge in [-0.2, -0.15) is 0 Å². The summed E-state index contributed by atoms with van der Waals surface area (Å²) in [5.41, 5.74) is 13.1. The summed E-state index contributed by atoms with van der Waals surface area (Å²) in [5, 5.41) is 2.24. The standard InChI is InChI=1S/C51H34N4/c1-4-15-35(16-5-1)37-29-31-38(32-30-37)40-21-12-23-42(33-40)50-52-49(39-19-8-3-9-20-39)53-51(54-50)45-26-14-28-47-48(45)44-25-10-11-27-46(44)55(47)43-24-13-22-41(34-43)36-17-6-2-7-18-36/h1-34H. The van der Waals surface area contributed by atoms with E-state index in [1.165, 1.54) is 22.3 Å². The second kappa shape index (κ2) is 13.8. The van der Waals surface area contributed by atoms with Crippen molar-refractivity contribution in [3.63, 3.8) is 0 Å². The molecule has 4 heteroatoms. The number of fused-ring (bicyclic) bond motifs is 3. The maximum absolute atomic E-state index is 5.25. The van der Waals surface area contributed by atoms with Crippen molar-refractivity contribution in [1.82, 2.24) is 19.5 Å². The van der Waals surface area contributed by atoms with Gasteiger partial charge in [-0.1, -0.05) is 176 Å². The van der Waals surface area contributed by atoms with Crippen molar-refractivity contribution < 1.29 is 0 Å². The molecule has 2 aromatic heterocycles. The first-order valence-electron chi connectivity index (χ1n) is 18.5.